The van der Waals surface area contributed by atoms with E-state index in [-0.39, 0.29) is 18.6 Å². The number of rotatable bonds is 5. The number of aliphatic hydroxyl groups excluding tert-OH is 1. The molecule has 2 rings (SSSR count). The lowest BCUT2D eigenvalue weighted by Gasteiger charge is -2.36. The predicted molar refractivity (Wildman–Crippen MR) is 76.9 cm³/mol. The van der Waals surface area contributed by atoms with Crippen molar-refractivity contribution in [3.05, 3.63) is 40.9 Å². The van der Waals surface area contributed by atoms with Crippen LogP contribution in [0.3, 0.4) is 0 Å². The highest BCUT2D eigenvalue weighted by atomic mass is 35.5. The summed E-state index contributed by atoms with van der Waals surface area (Å²) in [6.07, 6.45) is 6.49. The van der Waals surface area contributed by atoms with Gasteiger partial charge in [0.15, 0.2) is 0 Å². The third-order valence-corrected chi connectivity index (χ3v) is 3.79. The second-order valence-electron chi connectivity index (χ2n) is 4.69. The minimum Gasteiger partial charge on any atom is -0.395 e. The molecule has 1 fully saturated rings. The molecule has 1 aliphatic rings. The summed E-state index contributed by atoms with van der Waals surface area (Å²) in [7, 11) is 0. The lowest BCUT2D eigenvalue weighted by molar-refractivity contribution is -0.130. The molecule has 4 heteroatoms. The number of carbonyl (C=O) groups is 1. The van der Waals surface area contributed by atoms with Gasteiger partial charge >= 0.3 is 0 Å². The van der Waals surface area contributed by atoms with Gasteiger partial charge in [0.1, 0.15) is 0 Å². The minimum atomic E-state index is -0.0568. The van der Waals surface area contributed by atoms with Gasteiger partial charge in [-0.05, 0) is 37.0 Å². The standard InChI is InChI=1S/C15H18ClNO2/c16-14-7-2-1-4-12(14)8-9-15(19)17(10-11-18)13-5-3-6-13/h1-2,4,7-9,13,18H,3,5-6,10-11H2/b9-8+. The van der Waals surface area contributed by atoms with E-state index in [0.717, 1.165) is 24.8 Å². The van der Waals surface area contributed by atoms with Crippen molar-refractivity contribution in [1.29, 1.82) is 0 Å². The van der Waals surface area contributed by atoms with Gasteiger partial charge in [0, 0.05) is 23.7 Å². The van der Waals surface area contributed by atoms with Gasteiger partial charge in [0.05, 0.1) is 6.61 Å². The van der Waals surface area contributed by atoms with Crippen LogP contribution >= 0.6 is 11.6 Å². The number of halogens is 1. The van der Waals surface area contributed by atoms with Crippen LogP contribution < -0.4 is 0 Å². The van der Waals surface area contributed by atoms with Crippen LogP contribution in [-0.4, -0.2) is 35.1 Å². The van der Waals surface area contributed by atoms with Crippen LogP contribution in [0, 0.1) is 0 Å². The molecule has 1 saturated carbocycles. The van der Waals surface area contributed by atoms with Gasteiger partial charge < -0.3 is 10.0 Å². The molecule has 1 aliphatic carbocycles. The lowest BCUT2D eigenvalue weighted by atomic mass is 9.91. The van der Waals surface area contributed by atoms with Gasteiger partial charge in [-0.25, -0.2) is 0 Å². The maximum atomic E-state index is 12.1. The maximum Gasteiger partial charge on any atom is 0.246 e. The molecule has 1 amide bonds. The number of amides is 1. The van der Waals surface area contributed by atoms with Crippen LogP contribution in [0.4, 0.5) is 0 Å². The summed E-state index contributed by atoms with van der Waals surface area (Å²) < 4.78 is 0. The summed E-state index contributed by atoms with van der Waals surface area (Å²) in [5.74, 6) is -0.0568. The van der Waals surface area contributed by atoms with E-state index in [2.05, 4.69) is 0 Å². The van der Waals surface area contributed by atoms with E-state index in [4.69, 9.17) is 16.7 Å². The highest BCUT2D eigenvalue weighted by Gasteiger charge is 2.26. The fraction of sp³-hybridized carbons (Fsp3) is 0.400. The first-order chi connectivity index (χ1) is 9.22. The van der Waals surface area contributed by atoms with E-state index in [1.807, 2.05) is 18.2 Å². The number of hydrogen-bond acceptors (Lipinski definition) is 2. The first kappa shape index (κ1) is 14.1. The third-order valence-electron chi connectivity index (χ3n) is 3.45. The zero-order valence-electron chi connectivity index (χ0n) is 10.8. The Hall–Kier alpha value is -1.32. The molecule has 1 aromatic rings. The van der Waals surface area contributed by atoms with E-state index in [0.29, 0.717) is 11.6 Å². The van der Waals surface area contributed by atoms with Crippen LogP contribution in [0.25, 0.3) is 6.08 Å². The molecule has 0 saturated heterocycles. The number of carbonyl (C=O) groups excluding carboxylic acids is 1. The smallest absolute Gasteiger partial charge is 0.246 e. The van der Waals surface area contributed by atoms with E-state index >= 15 is 0 Å². The maximum absolute atomic E-state index is 12.1. The van der Waals surface area contributed by atoms with E-state index in [9.17, 15) is 4.79 Å². The van der Waals surface area contributed by atoms with E-state index < -0.39 is 0 Å². The van der Waals surface area contributed by atoms with Crippen molar-refractivity contribution < 1.29 is 9.90 Å². The number of benzene rings is 1. The first-order valence-corrected chi connectivity index (χ1v) is 6.94. The molecule has 0 aliphatic heterocycles. The van der Waals surface area contributed by atoms with E-state index in [1.54, 1.807) is 17.0 Å². The van der Waals surface area contributed by atoms with Gasteiger partial charge in [-0.15, -0.1) is 0 Å². The minimum absolute atomic E-state index is 0.00216. The summed E-state index contributed by atoms with van der Waals surface area (Å²) in [6, 6.07) is 7.69. The Morgan fingerprint density at radius 2 is 2.16 bits per heavy atom. The first-order valence-electron chi connectivity index (χ1n) is 6.56. The second-order valence-corrected chi connectivity index (χ2v) is 5.10. The van der Waals surface area contributed by atoms with Gasteiger partial charge in [-0.3, -0.25) is 4.79 Å². The van der Waals surface area contributed by atoms with Crippen molar-refractivity contribution >= 4 is 23.6 Å². The lowest BCUT2D eigenvalue weighted by Crippen LogP contribution is -2.44. The van der Waals surface area contributed by atoms with Crippen molar-refractivity contribution in [3.8, 4) is 0 Å². The van der Waals surface area contributed by atoms with Gasteiger partial charge in [-0.2, -0.15) is 0 Å². The molecular formula is C15H18ClNO2. The zero-order valence-corrected chi connectivity index (χ0v) is 11.5. The highest BCUT2D eigenvalue weighted by molar-refractivity contribution is 6.32. The Kier molecular flexibility index (Phi) is 5.00. The average molecular weight is 280 g/mol. The fourth-order valence-electron chi connectivity index (χ4n) is 2.15. The Morgan fingerprint density at radius 1 is 1.42 bits per heavy atom. The van der Waals surface area contributed by atoms with Crippen molar-refractivity contribution in [2.75, 3.05) is 13.2 Å². The Labute approximate surface area is 118 Å². The van der Waals surface area contributed by atoms with Crippen molar-refractivity contribution in [2.24, 2.45) is 0 Å². The summed E-state index contributed by atoms with van der Waals surface area (Å²) in [6.45, 7) is 0.401. The summed E-state index contributed by atoms with van der Waals surface area (Å²) in [4.78, 5) is 13.9. The van der Waals surface area contributed by atoms with Crippen molar-refractivity contribution in [3.63, 3.8) is 0 Å². The van der Waals surface area contributed by atoms with E-state index in [1.165, 1.54) is 6.08 Å². The van der Waals surface area contributed by atoms with Crippen LogP contribution in [0.5, 0.6) is 0 Å². The molecule has 0 bridgehead atoms. The third kappa shape index (κ3) is 3.58. The van der Waals surface area contributed by atoms with Crippen LogP contribution in [0.1, 0.15) is 24.8 Å². The SMILES string of the molecule is O=C(/C=C/c1ccccc1Cl)N(CCO)C1CCC1. The molecule has 19 heavy (non-hydrogen) atoms. The molecule has 0 unspecified atom stereocenters. The Morgan fingerprint density at radius 3 is 2.74 bits per heavy atom. The molecular weight excluding hydrogens is 262 g/mol. The fourth-order valence-corrected chi connectivity index (χ4v) is 2.34. The number of nitrogens with zero attached hydrogens (tertiary/aromatic N) is 1. The molecule has 0 radical (unpaired) electrons. The largest absolute Gasteiger partial charge is 0.395 e. The van der Waals surface area contributed by atoms with Crippen LogP contribution in [0.15, 0.2) is 30.3 Å². The Balaban J connectivity index is 2.04. The van der Waals surface area contributed by atoms with Crippen molar-refractivity contribution in [1.82, 2.24) is 4.90 Å². The summed E-state index contributed by atoms with van der Waals surface area (Å²) in [5, 5.41) is 9.67. The number of hydrogen-bond donors (Lipinski definition) is 1. The Bertz CT molecular complexity index is 469. The number of aliphatic hydroxyl groups is 1. The summed E-state index contributed by atoms with van der Waals surface area (Å²) >= 11 is 6.03. The topological polar surface area (TPSA) is 40.5 Å². The molecule has 3 nitrogen and oxygen atoms in total. The molecule has 0 spiro atoms. The monoisotopic (exact) mass is 279 g/mol. The molecule has 1 aromatic carbocycles. The highest BCUT2D eigenvalue weighted by Crippen LogP contribution is 2.25. The molecule has 0 heterocycles. The van der Waals surface area contributed by atoms with Crippen LogP contribution in [-0.2, 0) is 4.79 Å². The van der Waals surface area contributed by atoms with Gasteiger partial charge in [0.25, 0.3) is 0 Å². The second kappa shape index (κ2) is 6.73. The zero-order chi connectivity index (χ0) is 13.7. The van der Waals surface area contributed by atoms with Crippen molar-refractivity contribution in [2.45, 2.75) is 25.3 Å². The van der Waals surface area contributed by atoms with Gasteiger partial charge in [0.2, 0.25) is 5.91 Å². The van der Waals surface area contributed by atoms with Gasteiger partial charge in [-0.1, -0.05) is 29.8 Å². The quantitative estimate of drug-likeness (QED) is 0.842. The molecule has 0 atom stereocenters. The molecule has 1 N–H and O–H groups in total. The summed E-state index contributed by atoms with van der Waals surface area (Å²) in [5.41, 5.74) is 0.829. The molecule has 102 valence electrons. The average Bonchev–Trinajstić information content (AvgIpc) is 2.35. The molecule has 0 aromatic heterocycles. The van der Waals surface area contributed by atoms with Crippen LogP contribution in [0.2, 0.25) is 5.02 Å². The normalized spacial score (nSPS) is 15.5. The predicted octanol–water partition coefficient (Wildman–Crippen LogP) is 2.73.